The fourth-order valence-corrected chi connectivity index (χ4v) is 2.57. The van der Waals surface area contributed by atoms with Gasteiger partial charge < -0.3 is 10.1 Å². The van der Waals surface area contributed by atoms with Gasteiger partial charge in [-0.2, -0.15) is 0 Å². The fourth-order valence-electron chi connectivity index (χ4n) is 1.99. The van der Waals surface area contributed by atoms with Crippen LogP contribution in [-0.4, -0.2) is 25.2 Å². The van der Waals surface area contributed by atoms with E-state index in [0.717, 1.165) is 30.3 Å². The number of hydrogen-bond acceptors (Lipinski definition) is 2. The Morgan fingerprint density at radius 1 is 1.56 bits per heavy atom. The molecule has 1 amide bonds. The highest BCUT2D eigenvalue weighted by molar-refractivity contribution is 9.10. The van der Waals surface area contributed by atoms with Crippen molar-refractivity contribution in [1.29, 1.82) is 0 Å². The molecule has 1 saturated heterocycles. The topological polar surface area (TPSA) is 38.3 Å². The lowest BCUT2D eigenvalue weighted by atomic mass is 10.1. The number of benzene rings is 1. The number of rotatable bonds is 4. The number of carbonyl (C=O) groups is 1. The van der Waals surface area contributed by atoms with Crippen molar-refractivity contribution in [3.8, 4) is 0 Å². The molecule has 0 radical (unpaired) electrons. The quantitative estimate of drug-likeness (QED) is 0.917. The van der Waals surface area contributed by atoms with Crippen LogP contribution in [-0.2, 0) is 4.74 Å². The van der Waals surface area contributed by atoms with Crippen LogP contribution >= 0.6 is 27.5 Å². The molecule has 98 valence electrons. The van der Waals surface area contributed by atoms with Gasteiger partial charge in [-0.3, -0.25) is 4.79 Å². The van der Waals surface area contributed by atoms with Crippen LogP contribution < -0.4 is 5.32 Å². The predicted octanol–water partition coefficient (Wildman–Crippen LogP) is 3.40. The van der Waals surface area contributed by atoms with Gasteiger partial charge in [-0.1, -0.05) is 17.7 Å². The van der Waals surface area contributed by atoms with E-state index in [1.54, 1.807) is 12.1 Å². The van der Waals surface area contributed by atoms with Gasteiger partial charge in [-0.15, -0.1) is 0 Å². The Morgan fingerprint density at radius 2 is 2.39 bits per heavy atom. The van der Waals surface area contributed by atoms with Crippen molar-refractivity contribution >= 4 is 33.4 Å². The van der Waals surface area contributed by atoms with Crippen molar-refractivity contribution in [3.05, 3.63) is 33.3 Å². The maximum absolute atomic E-state index is 11.9. The molecule has 2 rings (SSSR count). The number of ether oxygens (including phenoxy) is 1. The number of carbonyl (C=O) groups excluding carboxylic acids is 1. The second-order valence-corrected chi connectivity index (χ2v) is 5.51. The molecule has 1 fully saturated rings. The van der Waals surface area contributed by atoms with Crippen LogP contribution in [0.15, 0.2) is 22.7 Å². The Balaban J connectivity index is 1.85. The molecule has 0 saturated carbocycles. The van der Waals surface area contributed by atoms with Crippen LogP contribution in [0.25, 0.3) is 0 Å². The van der Waals surface area contributed by atoms with E-state index in [1.165, 1.54) is 0 Å². The molecule has 1 aliphatic heterocycles. The van der Waals surface area contributed by atoms with Crippen LogP contribution in [0.5, 0.6) is 0 Å². The van der Waals surface area contributed by atoms with E-state index in [4.69, 9.17) is 16.3 Å². The van der Waals surface area contributed by atoms with Crippen LogP contribution in [0.2, 0.25) is 5.02 Å². The first kappa shape index (κ1) is 13.8. The Kier molecular flexibility index (Phi) is 5.03. The monoisotopic (exact) mass is 331 g/mol. The van der Waals surface area contributed by atoms with Crippen molar-refractivity contribution in [2.45, 2.75) is 25.4 Å². The highest BCUT2D eigenvalue weighted by atomic mass is 79.9. The second kappa shape index (κ2) is 6.55. The van der Waals surface area contributed by atoms with Gasteiger partial charge in [0, 0.05) is 17.6 Å². The molecule has 1 atom stereocenters. The molecular formula is C13H15BrClNO2. The normalized spacial score (nSPS) is 18.9. The van der Waals surface area contributed by atoms with Crippen LogP contribution in [0.1, 0.15) is 29.6 Å². The first-order valence-electron chi connectivity index (χ1n) is 6.02. The van der Waals surface area contributed by atoms with Crippen LogP contribution in [0.3, 0.4) is 0 Å². The maximum atomic E-state index is 11.9. The van der Waals surface area contributed by atoms with Gasteiger partial charge in [0.05, 0.1) is 16.7 Å². The first-order chi connectivity index (χ1) is 8.68. The minimum absolute atomic E-state index is 0.140. The molecule has 1 aliphatic rings. The van der Waals surface area contributed by atoms with Crippen molar-refractivity contribution < 1.29 is 9.53 Å². The molecule has 5 heteroatoms. The summed E-state index contributed by atoms with van der Waals surface area (Å²) in [6.07, 6.45) is 3.37. The van der Waals surface area contributed by atoms with E-state index < -0.39 is 0 Å². The lowest BCUT2D eigenvalue weighted by Gasteiger charge is -2.11. The first-order valence-corrected chi connectivity index (χ1v) is 7.19. The molecule has 1 aromatic rings. The third-order valence-electron chi connectivity index (χ3n) is 2.97. The maximum Gasteiger partial charge on any atom is 0.252 e. The van der Waals surface area contributed by atoms with E-state index in [0.29, 0.717) is 23.2 Å². The molecule has 1 N–H and O–H groups in total. The average Bonchev–Trinajstić information content (AvgIpc) is 2.85. The highest BCUT2D eigenvalue weighted by Crippen LogP contribution is 2.25. The van der Waals surface area contributed by atoms with E-state index in [1.807, 2.05) is 6.07 Å². The Hall–Kier alpha value is -0.580. The molecule has 0 aliphatic carbocycles. The van der Waals surface area contributed by atoms with Gasteiger partial charge in [0.25, 0.3) is 5.91 Å². The summed E-state index contributed by atoms with van der Waals surface area (Å²) in [6.45, 7) is 1.46. The number of hydrogen-bond donors (Lipinski definition) is 1. The standard InChI is InChI=1S/C13H15BrClNO2/c14-11-5-1-4-10(12(11)15)13(17)16-7-6-9-3-2-8-18-9/h1,4-5,9H,2-3,6-8H2,(H,16,17). The molecule has 1 heterocycles. The second-order valence-electron chi connectivity index (χ2n) is 4.28. The van der Waals surface area contributed by atoms with Gasteiger partial charge in [-0.05, 0) is 47.3 Å². The molecule has 18 heavy (non-hydrogen) atoms. The summed E-state index contributed by atoms with van der Waals surface area (Å²) in [5.41, 5.74) is 0.499. The van der Waals surface area contributed by atoms with Gasteiger partial charge in [0.2, 0.25) is 0 Å². The minimum Gasteiger partial charge on any atom is -0.378 e. The molecule has 1 aromatic carbocycles. The average molecular weight is 333 g/mol. The zero-order valence-electron chi connectivity index (χ0n) is 9.92. The Bertz CT molecular complexity index is 433. The zero-order chi connectivity index (χ0) is 13.0. The van der Waals surface area contributed by atoms with E-state index in [9.17, 15) is 4.79 Å². The highest BCUT2D eigenvalue weighted by Gasteiger charge is 2.16. The van der Waals surface area contributed by atoms with Crippen molar-refractivity contribution in [3.63, 3.8) is 0 Å². The van der Waals surface area contributed by atoms with Gasteiger partial charge in [-0.25, -0.2) is 0 Å². The predicted molar refractivity (Wildman–Crippen MR) is 75.1 cm³/mol. The molecule has 0 spiro atoms. The summed E-state index contributed by atoms with van der Waals surface area (Å²) in [6, 6.07) is 5.32. The van der Waals surface area contributed by atoms with Crippen molar-refractivity contribution in [2.24, 2.45) is 0 Å². The molecule has 0 bridgehead atoms. The minimum atomic E-state index is -0.140. The van der Waals surface area contributed by atoms with E-state index >= 15 is 0 Å². The summed E-state index contributed by atoms with van der Waals surface area (Å²) < 4.78 is 6.23. The lowest BCUT2D eigenvalue weighted by Crippen LogP contribution is -2.27. The third kappa shape index (κ3) is 3.46. The summed E-state index contributed by atoms with van der Waals surface area (Å²) in [5.74, 6) is -0.140. The molecule has 0 aromatic heterocycles. The van der Waals surface area contributed by atoms with Crippen LogP contribution in [0, 0.1) is 0 Å². The van der Waals surface area contributed by atoms with Gasteiger partial charge in [0.1, 0.15) is 0 Å². The van der Waals surface area contributed by atoms with Gasteiger partial charge >= 0.3 is 0 Å². The molecular weight excluding hydrogens is 318 g/mol. The van der Waals surface area contributed by atoms with Gasteiger partial charge in [0.15, 0.2) is 0 Å². The Labute approximate surface area is 120 Å². The summed E-state index contributed by atoms with van der Waals surface area (Å²) in [4.78, 5) is 11.9. The molecule has 1 unspecified atom stereocenters. The smallest absolute Gasteiger partial charge is 0.252 e. The van der Waals surface area contributed by atoms with E-state index in [-0.39, 0.29) is 5.91 Å². The summed E-state index contributed by atoms with van der Waals surface area (Å²) in [7, 11) is 0. The third-order valence-corrected chi connectivity index (χ3v) is 4.27. The SMILES string of the molecule is O=C(NCCC1CCCO1)c1cccc(Br)c1Cl. The van der Waals surface area contributed by atoms with Crippen molar-refractivity contribution in [2.75, 3.05) is 13.2 Å². The summed E-state index contributed by atoms with van der Waals surface area (Å²) >= 11 is 9.37. The fraction of sp³-hybridized carbons (Fsp3) is 0.462. The number of halogens is 2. The Morgan fingerprint density at radius 3 is 3.11 bits per heavy atom. The molecule has 3 nitrogen and oxygen atoms in total. The summed E-state index contributed by atoms with van der Waals surface area (Å²) in [5, 5.41) is 3.32. The van der Waals surface area contributed by atoms with Crippen LogP contribution in [0.4, 0.5) is 0 Å². The van der Waals surface area contributed by atoms with E-state index in [2.05, 4.69) is 21.2 Å². The van der Waals surface area contributed by atoms with Crippen molar-refractivity contribution in [1.82, 2.24) is 5.32 Å². The lowest BCUT2D eigenvalue weighted by molar-refractivity contribution is 0.0907. The largest absolute Gasteiger partial charge is 0.378 e. The number of amides is 1. The number of nitrogens with one attached hydrogen (secondary N) is 1. The zero-order valence-corrected chi connectivity index (χ0v) is 12.3.